The van der Waals surface area contributed by atoms with Crippen molar-refractivity contribution < 1.29 is 13.9 Å². The molecule has 4 rings (SSSR count). The zero-order valence-corrected chi connectivity index (χ0v) is 13.8. The molecule has 0 spiro atoms. The normalized spacial score (nSPS) is 25.5. The molecule has 3 atom stereocenters. The van der Waals surface area contributed by atoms with Crippen LogP contribution in [0.1, 0.15) is 28.8 Å². The number of aryl methyl sites for hydroxylation is 1. The third kappa shape index (κ3) is 3.31. The first-order valence-electron chi connectivity index (χ1n) is 8.52. The summed E-state index contributed by atoms with van der Waals surface area (Å²) in [6, 6.07) is 9.26. The first-order chi connectivity index (χ1) is 11.7. The Balaban J connectivity index is 1.36. The van der Waals surface area contributed by atoms with Gasteiger partial charge in [-0.3, -0.25) is 4.79 Å². The number of ether oxygens (including phenoxy) is 1. The van der Waals surface area contributed by atoms with Crippen LogP contribution in [0.25, 0.3) is 0 Å². The van der Waals surface area contributed by atoms with Gasteiger partial charge < -0.3 is 19.4 Å². The summed E-state index contributed by atoms with van der Waals surface area (Å²) in [7, 11) is 0. The van der Waals surface area contributed by atoms with E-state index in [1.54, 1.807) is 30.5 Å². The lowest BCUT2D eigenvalue weighted by Gasteiger charge is -2.30. The number of piperidine rings is 1. The molecule has 3 heterocycles. The van der Waals surface area contributed by atoms with E-state index in [0.29, 0.717) is 17.3 Å². The van der Waals surface area contributed by atoms with Crippen molar-refractivity contribution in [2.75, 3.05) is 19.6 Å². The van der Waals surface area contributed by atoms with E-state index < -0.39 is 0 Å². The Labute approximate surface area is 141 Å². The van der Waals surface area contributed by atoms with E-state index in [2.05, 4.69) is 10.2 Å². The molecule has 24 heavy (non-hydrogen) atoms. The second-order valence-corrected chi connectivity index (χ2v) is 6.89. The number of benzene rings is 1. The predicted octanol–water partition coefficient (Wildman–Crippen LogP) is 3.20. The molecule has 1 N–H and O–H groups in total. The van der Waals surface area contributed by atoms with E-state index >= 15 is 0 Å². The highest BCUT2D eigenvalue weighted by molar-refractivity contribution is 5.94. The summed E-state index contributed by atoms with van der Waals surface area (Å²) >= 11 is 0. The summed E-state index contributed by atoms with van der Waals surface area (Å²) in [5.41, 5.74) is 1.67. The average Bonchev–Trinajstić information content (AvgIpc) is 3.13. The Hall–Kier alpha value is -2.27. The van der Waals surface area contributed by atoms with Gasteiger partial charge in [-0.1, -0.05) is 0 Å². The molecular formula is C19H22N2O3. The molecule has 1 aromatic carbocycles. The first-order valence-corrected chi connectivity index (χ1v) is 8.52. The lowest BCUT2D eigenvalue weighted by molar-refractivity contribution is 0.0909. The Morgan fingerprint density at radius 1 is 1.29 bits per heavy atom. The van der Waals surface area contributed by atoms with E-state index in [-0.39, 0.29) is 11.9 Å². The molecule has 2 aromatic rings. The molecule has 2 aliphatic heterocycles. The maximum absolute atomic E-state index is 12.4. The number of carbonyl (C=O) groups excluding carboxylic acids is 1. The largest absolute Gasteiger partial charge is 0.434 e. The van der Waals surface area contributed by atoms with Crippen LogP contribution in [-0.2, 0) is 0 Å². The van der Waals surface area contributed by atoms with Crippen molar-refractivity contribution in [2.24, 2.45) is 5.92 Å². The van der Waals surface area contributed by atoms with Crippen LogP contribution in [0, 0.1) is 12.8 Å². The van der Waals surface area contributed by atoms with Gasteiger partial charge in [0, 0.05) is 30.8 Å². The molecule has 5 heteroatoms. The maximum Gasteiger partial charge on any atom is 0.290 e. The maximum atomic E-state index is 12.4. The molecule has 126 valence electrons. The number of hydrogen-bond acceptors (Lipinski definition) is 4. The number of furan rings is 1. The van der Waals surface area contributed by atoms with Crippen molar-refractivity contribution in [3.63, 3.8) is 0 Å². The van der Waals surface area contributed by atoms with Gasteiger partial charge in [-0.05, 0) is 62.1 Å². The second kappa shape index (κ2) is 6.32. The number of nitrogens with one attached hydrogen (secondary N) is 1. The van der Waals surface area contributed by atoms with E-state index in [1.807, 2.05) is 13.0 Å². The quantitative estimate of drug-likeness (QED) is 0.937. The third-order valence-corrected chi connectivity index (χ3v) is 4.84. The summed E-state index contributed by atoms with van der Waals surface area (Å²) in [5, 5.41) is 3.17. The van der Waals surface area contributed by atoms with E-state index in [4.69, 9.17) is 9.15 Å². The van der Waals surface area contributed by atoms with Crippen LogP contribution in [0.4, 0.5) is 0 Å². The van der Waals surface area contributed by atoms with Gasteiger partial charge >= 0.3 is 0 Å². The number of amides is 1. The topological polar surface area (TPSA) is 54.7 Å². The second-order valence-electron chi connectivity index (χ2n) is 6.89. The molecule has 0 radical (unpaired) electrons. The van der Waals surface area contributed by atoms with E-state index in [9.17, 15) is 4.79 Å². The highest BCUT2D eigenvalue weighted by Gasteiger charge is 2.32. The number of carbonyl (C=O) groups is 1. The van der Waals surface area contributed by atoms with Gasteiger partial charge in [-0.2, -0.15) is 0 Å². The Bertz CT molecular complexity index is 710. The van der Waals surface area contributed by atoms with Gasteiger partial charge in [0.1, 0.15) is 5.75 Å². The number of fused-ring (bicyclic) bond motifs is 2. The molecule has 1 aromatic heterocycles. The summed E-state index contributed by atoms with van der Waals surface area (Å²) < 4.78 is 10.9. The fourth-order valence-corrected chi connectivity index (χ4v) is 3.68. The SMILES string of the molecule is Cc1coc(Oc2ccc(C(=O)N[C@@H]3C[C@H]4CCN(C4)C3)cc2)c1. The summed E-state index contributed by atoms with van der Waals surface area (Å²) in [4.78, 5) is 14.9. The first kappa shape index (κ1) is 15.3. The monoisotopic (exact) mass is 326 g/mol. The molecule has 1 amide bonds. The number of hydrogen-bond donors (Lipinski definition) is 1. The lowest BCUT2D eigenvalue weighted by atomic mass is 9.96. The minimum Gasteiger partial charge on any atom is -0.434 e. The van der Waals surface area contributed by atoms with Crippen LogP contribution in [-0.4, -0.2) is 36.5 Å². The standard InChI is InChI=1S/C19H22N2O3/c1-13-8-18(23-12-13)24-17-4-2-15(3-5-17)19(22)20-16-9-14-6-7-21(10-14)11-16/h2-5,8,12,14,16H,6-7,9-11H2,1H3,(H,20,22)/t14-,16-/m1/s1. The van der Waals surface area contributed by atoms with Crippen LogP contribution in [0.3, 0.4) is 0 Å². The fourth-order valence-electron chi connectivity index (χ4n) is 3.68. The molecular weight excluding hydrogens is 304 g/mol. The molecule has 0 saturated carbocycles. The van der Waals surface area contributed by atoms with Crippen molar-refractivity contribution in [3.8, 4) is 11.7 Å². The lowest BCUT2D eigenvalue weighted by Crippen LogP contribution is -2.46. The van der Waals surface area contributed by atoms with Gasteiger partial charge in [-0.15, -0.1) is 0 Å². The minimum absolute atomic E-state index is 0.0112. The van der Waals surface area contributed by atoms with Crippen LogP contribution in [0.5, 0.6) is 11.7 Å². The summed E-state index contributed by atoms with van der Waals surface area (Å²) in [5.74, 6) is 1.85. The van der Waals surface area contributed by atoms with Crippen molar-refractivity contribution in [1.29, 1.82) is 0 Å². The zero-order chi connectivity index (χ0) is 16.5. The summed E-state index contributed by atoms with van der Waals surface area (Å²) in [6.45, 7) is 5.29. The van der Waals surface area contributed by atoms with Crippen molar-refractivity contribution >= 4 is 5.91 Å². The van der Waals surface area contributed by atoms with Crippen LogP contribution in [0.2, 0.25) is 0 Å². The number of nitrogens with zero attached hydrogens (tertiary/aromatic N) is 1. The van der Waals surface area contributed by atoms with Crippen molar-refractivity contribution in [2.45, 2.75) is 25.8 Å². The number of rotatable bonds is 4. The fraction of sp³-hybridized carbons (Fsp3) is 0.421. The van der Waals surface area contributed by atoms with E-state index in [1.165, 1.54) is 19.5 Å². The van der Waals surface area contributed by atoms with Gasteiger partial charge in [0.25, 0.3) is 11.9 Å². The van der Waals surface area contributed by atoms with Gasteiger partial charge in [0.2, 0.25) is 0 Å². The van der Waals surface area contributed by atoms with Crippen LogP contribution < -0.4 is 10.1 Å². The Morgan fingerprint density at radius 2 is 2.12 bits per heavy atom. The third-order valence-electron chi connectivity index (χ3n) is 4.84. The van der Waals surface area contributed by atoms with Gasteiger partial charge in [0.05, 0.1) is 6.26 Å². The Kier molecular flexibility index (Phi) is 4.02. The van der Waals surface area contributed by atoms with Gasteiger partial charge in [0.15, 0.2) is 0 Å². The summed E-state index contributed by atoms with van der Waals surface area (Å²) in [6.07, 6.45) is 4.01. The molecule has 2 bridgehead atoms. The molecule has 0 aliphatic carbocycles. The minimum atomic E-state index is -0.0112. The smallest absolute Gasteiger partial charge is 0.290 e. The van der Waals surface area contributed by atoms with Crippen LogP contribution in [0.15, 0.2) is 41.0 Å². The molecule has 2 aliphatic rings. The van der Waals surface area contributed by atoms with Crippen LogP contribution >= 0.6 is 0 Å². The zero-order valence-electron chi connectivity index (χ0n) is 13.8. The van der Waals surface area contributed by atoms with E-state index in [0.717, 1.165) is 24.4 Å². The predicted molar refractivity (Wildman–Crippen MR) is 90.4 cm³/mol. The average molecular weight is 326 g/mol. The molecule has 1 unspecified atom stereocenters. The highest BCUT2D eigenvalue weighted by atomic mass is 16.6. The van der Waals surface area contributed by atoms with Crippen molar-refractivity contribution in [3.05, 3.63) is 47.7 Å². The van der Waals surface area contributed by atoms with Crippen molar-refractivity contribution in [1.82, 2.24) is 10.2 Å². The molecule has 2 fully saturated rings. The molecule has 2 saturated heterocycles. The molecule has 5 nitrogen and oxygen atoms in total. The highest BCUT2D eigenvalue weighted by Crippen LogP contribution is 2.27. The van der Waals surface area contributed by atoms with Gasteiger partial charge in [-0.25, -0.2) is 0 Å². The Morgan fingerprint density at radius 3 is 2.83 bits per heavy atom.